The highest BCUT2D eigenvalue weighted by Gasteiger charge is 2.11. The van der Waals surface area contributed by atoms with Crippen LogP contribution in [-0.4, -0.2) is 24.8 Å². The van der Waals surface area contributed by atoms with Crippen LogP contribution < -0.4 is 10.2 Å². The van der Waals surface area contributed by atoms with Crippen LogP contribution >= 0.6 is 0 Å². The second kappa shape index (κ2) is 10.5. The molecule has 0 heterocycles. The third-order valence-corrected chi connectivity index (χ3v) is 4.53. The molecule has 0 aliphatic heterocycles. The van der Waals surface area contributed by atoms with E-state index in [1.54, 1.807) is 24.3 Å². The Hall–Kier alpha value is -2.62. The van der Waals surface area contributed by atoms with Crippen molar-refractivity contribution in [3.8, 4) is 0 Å². The molecule has 2 rings (SSSR count). The predicted octanol–water partition coefficient (Wildman–Crippen LogP) is 5.28. The summed E-state index contributed by atoms with van der Waals surface area (Å²) in [6, 6.07) is 14.9. The number of amides is 1. The van der Waals surface area contributed by atoms with Crippen LogP contribution in [0.4, 0.5) is 11.4 Å². The van der Waals surface area contributed by atoms with Gasteiger partial charge in [0, 0.05) is 42.5 Å². The summed E-state index contributed by atoms with van der Waals surface area (Å²) < 4.78 is 0. The van der Waals surface area contributed by atoms with Crippen LogP contribution in [-0.2, 0) is 4.79 Å². The fourth-order valence-corrected chi connectivity index (χ4v) is 2.97. The van der Waals surface area contributed by atoms with Gasteiger partial charge < -0.3 is 10.2 Å². The van der Waals surface area contributed by atoms with Crippen LogP contribution in [0.3, 0.4) is 0 Å². The lowest BCUT2D eigenvalue weighted by Crippen LogP contribution is -2.25. The van der Waals surface area contributed by atoms with Crippen LogP contribution in [0, 0.1) is 0 Å². The summed E-state index contributed by atoms with van der Waals surface area (Å²) in [5.41, 5.74) is 3.16. The molecule has 0 atom stereocenters. The zero-order valence-electron chi connectivity index (χ0n) is 16.6. The average molecular weight is 367 g/mol. The number of benzene rings is 2. The Morgan fingerprint density at radius 2 is 1.30 bits per heavy atom. The lowest BCUT2D eigenvalue weighted by Gasteiger charge is -2.24. The average Bonchev–Trinajstić information content (AvgIpc) is 2.68. The maximum absolute atomic E-state index is 12.7. The standard InChI is InChI=1S/C23H30N2O2/c1-4-6-16-25(17-7-5-2)22-14-10-20(11-15-22)23(27)19-8-12-21(13-9-19)24-18(3)26/h8-15H,4-7,16-17H2,1-3H3,(H,24,26). The maximum Gasteiger partial charge on any atom is 0.221 e. The van der Waals surface area contributed by atoms with Crippen LogP contribution in [0.5, 0.6) is 0 Å². The van der Waals surface area contributed by atoms with Gasteiger partial charge in [0.15, 0.2) is 5.78 Å². The van der Waals surface area contributed by atoms with Gasteiger partial charge in [-0.25, -0.2) is 0 Å². The lowest BCUT2D eigenvalue weighted by atomic mass is 10.0. The largest absolute Gasteiger partial charge is 0.372 e. The lowest BCUT2D eigenvalue weighted by molar-refractivity contribution is -0.114. The van der Waals surface area contributed by atoms with Gasteiger partial charge in [-0.15, -0.1) is 0 Å². The molecule has 0 spiro atoms. The van der Waals surface area contributed by atoms with Crippen LogP contribution in [0.1, 0.15) is 62.4 Å². The third-order valence-electron chi connectivity index (χ3n) is 4.53. The molecule has 0 saturated heterocycles. The first-order valence-corrected chi connectivity index (χ1v) is 9.82. The van der Waals surface area contributed by atoms with Crippen LogP contribution in [0.25, 0.3) is 0 Å². The molecule has 2 aromatic rings. The number of rotatable bonds is 10. The molecule has 4 heteroatoms. The molecule has 1 amide bonds. The van der Waals surface area contributed by atoms with Gasteiger partial charge in [-0.2, -0.15) is 0 Å². The normalized spacial score (nSPS) is 10.5. The topological polar surface area (TPSA) is 49.4 Å². The molecule has 0 aliphatic carbocycles. The quantitative estimate of drug-likeness (QED) is 0.582. The first-order valence-electron chi connectivity index (χ1n) is 9.82. The van der Waals surface area contributed by atoms with E-state index < -0.39 is 0 Å². The number of unbranched alkanes of at least 4 members (excludes halogenated alkanes) is 2. The molecular weight excluding hydrogens is 336 g/mol. The zero-order chi connectivity index (χ0) is 19.6. The molecule has 0 fully saturated rings. The Morgan fingerprint density at radius 3 is 1.74 bits per heavy atom. The van der Waals surface area contributed by atoms with E-state index >= 15 is 0 Å². The summed E-state index contributed by atoms with van der Waals surface area (Å²) in [4.78, 5) is 26.2. The Kier molecular flexibility index (Phi) is 8.05. The molecule has 0 saturated carbocycles. The zero-order valence-corrected chi connectivity index (χ0v) is 16.6. The van der Waals surface area contributed by atoms with Crippen LogP contribution in [0.2, 0.25) is 0 Å². The summed E-state index contributed by atoms with van der Waals surface area (Å²) in [6.45, 7) is 7.97. The molecular formula is C23H30N2O2. The first-order chi connectivity index (χ1) is 13.0. The van der Waals surface area contributed by atoms with E-state index in [1.165, 1.54) is 38.3 Å². The van der Waals surface area contributed by atoms with Gasteiger partial charge in [0.25, 0.3) is 0 Å². The Balaban J connectivity index is 2.10. The van der Waals surface area contributed by atoms with E-state index in [9.17, 15) is 9.59 Å². The summed E-state index contributed by atoms with van der Waals surface area (Å²) in [5, 5.41) is 2.71. The summed E-state index contributed by atoms with van der Waals surface area (Å²) in [7, 11) is 0. The van der Waals surface area contributed by atoms with Crippen molar-refractivity contribution in [2.45, 2.75) is 46.5 Å². The number of carbonyl (C=O) groups excluding carboxylic acids is 2. The van der Waals surface area contributed by atoms with Gasteiger partial charge in [0.05, 0.1) is 0 Å². The van der Waals surface area contributed by atoms with E-state index in [2.05, 4.69) is 24.1 Å². The number of nitrogens with zero attached hydrogens (tertiary/aromatic N) is 1. The first kappa shape index (κ1) is 20.7. The minimum absolute atomic E-state index is 0.00964. The molecule has 0 unspecified atom stereocenters. The SMILES string of the molecule is CCCCN(CCCC)c1ccc(C(=O)c2ccc(NC(C)=O)cc2)cc1. The number of nitrogens with one attached hydrogen (secondary N) is 1. The second-order valence-electron chi connectivity index (χ2n) is 6.83. The molecule has 4 nitrogen and oxygen atoms in total. The van der Waals surface area contributed by atoms with Gasteiger partial charge in [-0.3, -0.25) is 9.59 Å². The van der Waals surface area contributed by atoms with Gasteiger partial charge in [-0.05, 0) is 61.4 Å². The van der Waals surface area contributed by atoms with Crippen molar-refractivity contribution in [3.05, 3.63) is 59.7 Å². The van der Waals surface area contributed by atoms with Gasteiger partial charge in [0.1, 0.15) is 0 Å². The minimum Gasteiger partial charge on any atom is -0.372 e. The fourth-order valence-electron chi connectivity index (χ4n) is 2.97. The minimum atomic E-state index is -0.125. The second-order valence-corrected chi connectivity index (χ2v) is 6.83. The molecule has 27 heavy (non-hydrogen) atoms. The smallest absolute Gasteiger partial charge is 0.221 e. The number of hydrogen-bond donors (Lipinski definition) is 1. The number of carbonyl (C=O) groups is 2. The molecule has 0 aromatic heterocycles. The highest BCUT2D eigenvalue weighted by molar-refractivity contribution is 6.09. The van der Waals surface area contributed by atoms with Crippen molar-refractivity contribution in [3.63, 3.8) is 0 Å². The molecule has 1 N–H and O–H groups in total. The number of anilines is 2. The predicted molar refractivity (Wildman–Crippen MR) is 113 cm³/mol. The Morgan fingerprint density at radius 1 is 0.815 bits per heavy atom. The van der Waals surface area contributed by atoms with Crippen molar-refractivity contribution in [1.29, 1.82) is 0 Å². The van der Waals surface area contributed by atoms with Gasteiger partial charge >= 0.3 is 0 Å². The monoisotopic (exact) mass is 366 g/mol. The highest BCUT2D eigenvalue weighted by atomic mass is 16.1. The van der Waals surface area contributed by atoms with Gasteiger partial charge in [0.2, 0.25) is 5.91 Å². The van der Waals surface area contributed by atoms with Crippen LogP contribution in [0.15, 0.2) is 48.5 Å². The van der Waals surface area contributed by atoms with E-state index in [1.807, 2.05) is 24.3 Å². The Bertz CT molecular complexity index is 728. The molecule has 2 aromatic carbocycles. The summed E-state index contributed by atoms with van der Waals surface area (Å²) in [6.07, 6.45) is 4.69. The molecule has 0 radical (unpaired) electrons. The Labute approximate surface area is 162 Å². The third kappa shape index (κ3) is 6.24. The van der Waals surface area contributed by atoms with E-state index in [0.29, 0.717) is 16.8 Å². The van der Waals surface area contributed by atoms with E-state index in [4.69, 9.17) is 0 Å². The summed E-state index contributed by atoms with van der Waals surface area (Å²) >= 11 is 0. The molecule has 0 bridgehead atoms. The van der Waals surface area contributed by atoms with Crippen molar-refractivity contribution in [1.82, 2.24) is 0 Å². The van der Waals surface area contributed by atoms with Crippen molar-refractivity contribution < 1.29 is 9.59 Å². The summed E-state index contributed by atoms with van der Waals surface area (Å²) in [5.74, 6) is -0.134. The number of hydrogen-bond acceptors (Lipinski definition) is 3. The fraction of sp³-hybridized carbons (Fsp3) is 0.391. The molecule has 144 valence electrons. The van der Waals surface area contributed by atoms with E-state index in [-0.39, 0.29) is 11.7 Å². The van der Waals surface area contributed by atoms with Crippen molar-refractivity contribution in [2.75, 3.05) is 23.3 Å². The highest BCUT2D eigenvalue weighted by Crippen LogP contribution is 2.20. The van der Waals surface area contributed by atoms with Crippen molar-refractivity contribution in [2.24, 2.45) is 0 Å². The molecule has 0 aliphatic rings. The van der Waals surface area contributed by atoms with Gasteiger partial charge in [-0.1, -0.05) is 26.7 Å². The van der Waals surface area contributed by atoms with Crippen molar-refractivity contribution >= 4 is 23.1 Å². The maximum atomic E-state index is 12.7. The van der Waals surface area contributed by atoms with E-state index in [0.717, 1.165) is 13.1 Å². The number of ketones is 1.